The molecule has 1 N–H and O–H groups in total. The highest BCUT2D eigenvalue weighted by molar-refractivity contribution is 5.77. The lowest BCUT2D eigenvalue weighted by Crippen LogP contribution is -2.42. The number of likely N-dealkylation sites (tertiary alicyclic amines) is 1. The minimum atomic E-state index is 0.142. The second kappa shape index (κ2) is 6.08. The van der Waals surface area contributed by atoms with Crippen LogP contribution >= 0.6 is 0 Å². The SMILES string of the molecule is CC(CNCC(=O)N(C)C)N1CCCC1. The Kier molecular flexibility index (Phi) is 5.05. The molecule has 1 atom stereocenters. The van der Waals surface area contributed by atoms with Crippen molar-refractivity contribution in [1.82, 2.24) is 15.1 Å². The van der Waals surface area contributed by atoms with Crippen LogP contribution in [0.4, 0.5) is 0 Å². The van der Waals surface area contributed by atoms with Gasteiger partial charge in [0.05, 0.1) is 6.54 Å². The van der Waals surface area contributed by atoms with E-state index in [-0.39, 0.29) is 5.91 Å². The van der Waals surface area contributed by atoms with E-state index in [9.17, 15) is 4.79 Å². The van der Waals surface area contributed by atoms with Gasteiger partial charge in [-0.05, 0) is 32.9 Å². The Morgan fingerprint density at radius 2 is 2.00 bits per heavy atom. The average Bonchev–Trinajstić information content (AvgIpc) is 2.70. The maximum absolute atomic E-state index is 11.3. The number of carbonyl (C=O) groups is 1. The molecule has 0 saturated carbocycles. The van der Waals surface area contributed by atoms with Gasteiger partial charge in [0.25, 0.3) is 0 Å². The molecule has 0 aromatic heterocycles. The summed E-state index contributed by atoms with van der Waals surface area (Å²) in [5, 5.41) is 3.21. The Bertz CT molecular complexity index is 200. The molecule has 15 heavy (non-hydrogen) atoms. The molecule has 1 rings (SSSR count). The Morgan fingerprint density at radius 1 is 1.40 bits per heavy atom. The van der Waals surface area contributed by atoms with Crippen molar-refractivity contribution in [3.05, 3.63) is 0 Å². The first-order valence-corrected chi connectivity index (χ1v) is 5.76. The van der Waals surface area contributed by atoms with Crippen LogP contribution in [0.5, 0.6) is 0 Å². The fourth-order valence-electron chi connectivity index (χ4n) is 1.86. The second-order valence-electron chi connectivity index (χ2n) is 4.51. The van der Waals surface area contributed by atoms with Gasteiger partial charge in [0.15, 0.2) is 0 Å². The number of likely N-dealkylation sites (N-methyl/N-ethyl adjacent to an activating group) is 1. The summed E-state index contributed by atoms with van der Waals surface area (Å²) < 4.78 is 0. The number of hydrogen-bond donors (Lipinski definition) is 1. The standard InChI is InChI=1S/C11H23N3O/c1-10(14-6-4-5-7-14)8-12-9-11(15)13(2)3/h10,12H,4-9H2,1-3H3. The van der Waals surface area contributed by atoms with Crippen LogP contribution in [0.1, 0.15) is 19.8 Å². The lowest BCUT2D eigenvalue weighted by atomic mass is 10.3. The van der Waals surface area contributed by atoms with Crippen molar-refractivity contribution in [1.29, 1.82) is 0 Å². The van der Waals surface area contributed by atoms with E-state index in [0.29, 0.717) is 12.6 Å². The fraction of sp³-hybridized carbons (Fsp3) is 0.909. The van der Waals surface area contributed by atoms with Gasteiger partial charge < -0.3 is 10.2 Å². The molecule has 1 saturated heterocycles. The Balaban J connectivity index is 2.11. The summed E-state index contributed by atoms with van der Waals surface area (Å²) in [7, 11) is 3.57. The Labute approximate surface area is 92.6 Å². The summed E-state index contributed by atoms with van der Waals surface area (Å²) in [5.41, 5.74) is 0. The number of nitrogens with zero attached hydrogens (tertiary/aromatic N) is 2. The predicted molar refractivity (Wildman–Crippen MR) is 61.8 cm³/mol. The van der Waals surface area contributed by atoms with Gasteiger partial charge in [-0.2, -0.15) is 0 Å². The third kappa shape index (κ3) is 4.18. The van der Waals surface area contributed by atoms with E-state index >= 15 is 0 Å². The van der Waals surface area contributed by atoms with Crippen LogP contribution in [-0.2, 0) is 4.79 Å². The zero-order chi connectivity index (χ0) is 11.3. The van der Waals surface area contributed by atoms with E-state index in [1.165, 1.54) is 25.9 Å². The first-order valence-electron chi connectivity index (χ1n) is 5.76. The average molecular weight is 213 g/mol. The molecule has 4 nitrogen and oxygen atoms in total. The number of nitrogens with one attached hydrogen (secondary N) is 1. The highest BCUT2D eigenvalue weighted by Crippen LogP contribution is 2.10. The molecule has 0 bridgehead atoms. The fourth-order valence-corrected chi connectivity index (χ4v) is 1.86. The molecule has 88 valence electrons. The van der Waals surface area contributed by atoms with E-state index in [1.807, 2.05) is 0 Å². The van der Waals surface area contributed by atoms with Gasteiger partial charge in [-0.3, -0.25) is 9.69 Å². The topological polar surface area (TPSA) is 35.6 Å². The molecule has 0 spiro atoms. The number of amides is 1. The van der Waals surface area contributed by atoms with Crippen LogP contribution in [0, 0.1) is 0 Å². The molecule has 1 aliphatic rings. The van der Waals surface area contributed by atoms with Crippen molar-refractivity contribution >= 4 is 5.91 Å². The molecule has 0 aromatic rings. The second-order valence-corrected chi connectivity index (χ2v) is 4.51. The molecule has 0 aromatic carbocycles. The van der Waals surface area contributed by atoms with Crippen molar-refractivity contribution in [2.24, 2.45) is 0 Å². The lowest BCUT2D eigenvalue weighted by Gasteiger charge is -2.24. The predicted octanol–water partition coefficient (Wildman–Crippen LogP) is 0.149. The summed E-state index contributed by atoms with van der Waals surface area (Å²) >= 11 is 0. The van der Waals surface area contributed by atoms with Crippen molar-refractivity contribution in [3.63, 3.8) is 0 Å². The molecule has 1 heterocycles. The normalized spacial score (nSPS) is 19.1. The van der Waals surface area contributed by atoms with Crippen LogP contribution in [0.3, 0.4) is 0 Å². The van der Waals surface area contributed by atoms with Gasteiger partial charge in [0, 0.05) is 26.7 Å². The molecule has 0 radical (unpaired) electrons. The van der Waals surface area contributed by atoms with Crippen LogP contribution in [0.25, 0.3) is 0 Å². The largest absolute Gasteiger partial charge is 0.348 e. The zero-order valence-electron chi connectivity index (χ0n) is 10.1. The zero-order valence-corrected chi connectivity index (χ0v) is 10.1. The quantitative estimate of drug-likeness (QED) is 0.706. The maximum atomic E-state index is 11.3. The first kappa shape index (κ1) is 12.5. The van der Waals surface area contributed by atoms with E-state index in [0.717, 1.165) is 6.54 Å². The minimum absolute atomic E-state index is 0.142. The van der Waals surface area contributed by atoms with Gasteiger partial charge in [-0.1, -0.05) is 0 Å². The lowest BCUT2D eigenvalue weighted by molar-refractivity contribution is -0.127. The summed E-state index contributed by atoms with van der Waals surface area (Å²) in [6.45, 7) is 6.00. The number of rotatable bonds is 5. The van der Waals surface area contributed by atoms with Gasteiger partial charge in [0.2, 0.25) is 5.91 Å². The van der Waals surface area contributed by atoms with Crippen molar-refractivity contribution < 1.29 is 4.79 Å². The van der Waals surface area contributed by atoms with Crippen LogP contribution in [0.2, 0.25) is 0 Å². The maximum Gasteiger partial charge on any atom is 0.236 e. The van der Waals surface area contributed by atoms with Gasteiger partial charge in [-0.25, -0.2) is 0 Å². The summed E-state index contributed by atoms with van der Waals surface area (Å²) in [5.74, 6) is 0.142. The van der Waals surface area contributed by atoms with Crippen molar-refractivity contribution in [2.45, 2.75) is 25.8 Å². The smallest absolute Gasteiger partial charge is 0.236 e. The number of carbonyl (C=O) groups excluding carboxylic acids is 1. The van der Waals surface area contributed by atoms with E-state index in [4.69, 9.17) is 0 Å². The molecular formula is C11H23N3O. The highest BCUT2D eigenvalue weighted by Gasteiger charge is 2.17. The molecule has 1 fully saturated rings. The Hall–Kier alpha value is -0.610. The molecular weight excluding hydrogens is 190 g/mol. The first-order chi connectivity index (χ1) is 7.11. The van der Waals surface area contributed by atoms with Gasteiger partial charge in [-0.15, -0.1) is 0 Å². The summed E-state index contributed by atoms with van der Waals surface area (Å²) in [6, 6.07) is 0.544. The van der Waals surface area contributed by atoms with E-state index in [1.54, 1.807) is 19.0 Å². The van der Waals surface area contributed by atoms with Crippen LogP contribution in [0.15, 0.2) is 0 Å². The van der Waals surface area contributed by atoms with Crippen LogP contribution < -0.4 is 5.32 Å². The Morgan fingerprint density at radius 3 is 2.53 bits per heavy atom. The van der Waals surface area contributed by atoms with Crippen molar-refractivity contribution in [2.75, 3.05) is 40.3 Å². The van der Waals surface area contributed by atoms with Gasteiger partial charge in [0.1, 0.15) is 0 Å². The molecule has 1 aliphatic heterocycles. The van der Waals surface area contributed by atoms with Gasteiger partial charge >= 0.3 is 0 Å². The summed E-state index contributed by atoms with van der Waals surface area (Å²) in [6.07, 6.45) is 2.64. The number of hydrogen-bond acceptors (Lipinski definition) is 3. The molecule has 1 amide bonds. The minimum Gasteiger partial charge on any atom is -0.348 e. The highest BCUT2D eigenvalue weighted by atomic mass is 16.2. The third-order valence-electron chi connectivity index (χ3n) is 2.98. The van der Waals surface area contributed by atoms with E-state index < -0.39 is 0 Å². The van der Waals surface area contributed by atoms with Crippen LogP contribution in [-0.4, -0.2) is 62.0 Å². The molecule has 1 unspecified atom stereocenters. The monoisotopic (exact) mass is 213 g/mol. The summed E-state index contributed by atoms with van der Waals surface area (Å²) in [4.78, 5) is 15.4. The third-order valence-corrected chi connectivity index (χ3v) is 2.98. The van der Waals surface area contributed by atoms with E-state index in [2.05, 4.69) is 17.1 Å². The molecule has 4 heteroatoms. The molecule has 0 aliphatic carbocycles. The van der Waals surface area contributed by atoms with Crippen molar-refractivity contribution in [3.8, 4) is 0 Å².